The molecule has 6 heterocycles. The molecule has 0 radical (unpaired) electrons. The highest BCUT2D eigenvalue weighted by Gasteiger charge is 2.34. The number of thiophene rings is 1. The summed E-state index contributed by atoms with van der Waals surface area (Å²) in [5, 5.41) is 9.18. The van der Waals surface area contributed by atoms with Crippen molar-refractivity contribution in [3.05, 3.63) is 60.3 Å². The minimum Gasteiger partial charge on any atom is -0.464 e. The summed E-state index contributed by atoms with van der Waals surface area (Å²) in [7, 11) is 0. The van der Waals surface area contributed by atoms with Crippen LogP contribution in [0.1, 0.15) is 17.2 Å². The minimum absolute atomic E-state index is 0.203. The Morgan fingerprint density at radius 3 is 2.78 bits per heavy atom. The molecule has 12 heteroatoms. The highest BCUT2D eigenvalue weighted by atomic mass is 32.1. The van der Waals surface area contributed by atoms with Gasteiger partial charge in [0.25, 0.3) is 0 Å². The van der Waals surface area contributed by atoms with Gasteiger partial charge in [-0.05, 0) is 31.2 Å². The number of aromatic nitrogens is 7. The van der Waals surface area contributed by atoms with Gasteiger partial charge in [0, 0.05) is 22.8 Å². The second-order valence-corrected chi connectivity index (χ2v) is 8.16. The maximum absolute atomic E-state index is 13.5. The van der Waals surface area contributed by atoms with Gasteiger partial charge >= 0.3 is 6.18 Å². The number of fused-ring (bicyclic) bond motifs is 5. The van der Waals surface area contributed by atoms with Crippen molar-refractivity contribution in [1.29, 1.82) is 0 Å². The maximum Gasteiger partial charge on any atom is 0.433 e. The third kappa shape index (κ3) is 2.87. The lowest BCUT2D eigenvalue weighted by molar-refractivity contribution is -0.140. The Morgan fingerprint density at radius 1 is 1.19 bits per heavy atom. The molecule has 0 N–H and O–H groups in total. The molecule has 0 aliphatic carbocycles. The van der Waals surface area contributed by atoms with Gasteiger partial charge in [0.1, 0.15) is 33.9 Å². The number of hydrogen-bond acceptors (Lipinski definition) is 7. The van der Waals surface area contributed by atoms with Crippen molar-refractivity contribution in [1.82, 2.24) is 34.3 Å². The van der Waals surface area contributed by atoms with Crippen LogP contribution in [0, 0.1) is 6.92 Å². The van der Waals surface area contributed by atoms with Gasteiger partial charge < -0.3 is 4.42 Å². The molecule has 6 rings (SSSR count). The van der Waals surface area contributed by atoms with Crippen molar-refractivity contribution in [2.75, 3.05) is 0 Å². The van der Waals surface area contributed by atoms with Crippen molar-refractivity contribution < 1.29 is 17.6 Å². The maximum atomic E-state index is 13.5. The summed E-state index contributed by atoms with van der Waals surface area (Å²) in [6.45, 7) is 2.29. The molecular weight excluding hydrogens is 443 g/mol. The molecule has 0 aliphatic heterocycles. The van der Waals surface area contributed by atoms with E-state index in [0.717, 1.165) is 23.1 Å². The van der Waals surface area contributed by atoms with Crippen molar-refractivity contribution >= 4 is 37.4 Å². The lowest BCUT2D eigenvalue weighted by Crippen LogP contribution is -2.07. The van der Waals surface area contributed by atoms with E-state index >= 15 is 0 Å². The molecule has 0 saturated carbocycles. The van der Waals surface area contributed by atoms with E-state index in [1.165, 1.54) is 17.1 Å². The van der Waals surface area contributed by atoms with Gasteiger partial charge in [-0.25, -0.2) is 19.5 Å². The number of aryl methyl sites for hydroxylation is 1. The predicted octanol–water partition coefficient (Wildman–Crippen LogP) is 4.72. The number of alkyl halides is 3. The molecule has 0 spiro atoms. The lowest BCUT2D eigenvalue weighted by atomic mass is 10.1. The zero-order chi connectivity index (χ0) is 22.0. The fraction of sp³-hybridized carbons (Fsp3) is 0.150. The summed E-state index contributed by atoms with van der Waals surface area (Å²) in [5.41, 5.74) is 1.25. The number of furan rings is 1. The van der Waals surface area contributed by atoms with E-state index in [0.29, 0.717) is 39.4 Å². The Hall–Kier alpha value is -3.80. The van der Waals surface area contributed by atoms with E-state index in [2.05, 4.69) is 25.1 Å². The van der Waals surface area contributed by atoms with Gasteiger partial charge in [0.15, 0.2) is 11.5 Å². The van der Waals surface area contributed by atoms with E-state index in [-0.39, 0.29) is 10.4 Å². The highest BCUT2D eigenvalue weighted by molar-refractivity contribution is 7.26. The Kier molecular flexibility index (Phi) is 3.90. The summed E-state index contributed by atoms with van der Waals surface area (Å²) in [5.74, 6) is 0.819. The molecule has 8 nitrogen and oxygen atoms in total. The smallest absolute Gasteiger partial charge is 0.433 e. The first kappa shape index (κ1) is 18.9. The molecule has 0 aliphatic rings. The van der Waals surface area contributed by atoms with Crippen molar-refractivity contribution in [3.63, 3.8) is 0 Å². The average Bonchev–Trinajstić information content (AvgIpc) is 3.53. The number of pyridine rings is 1. The summed E-state index contributed by atoms with van der Waals surface area (Å²) in [6.07, 6.45) is 0.00599. The molecule has 32 heavy (non-hydrogen) atoms. The lowest BCUT2D eigenvalue weighted by Gasteiger charge is -2.08. The van der Waals surface area contributed by atoms with E-state index in [9.17, 15) is 13.2 Å². The van der Waals surface area contributed by atoms with Crippen molar-refractivity contribution in [2.45, 2.75) is 19.6 Å². The SMILES string of the molecule is Cc1ccnn1Cc1nc2c3sc4nc(C(F)(F)F)cc(-c5ccco5)c4c3ncn2n1. The molecule has 0 saturated heterocycles. The van der Waals surface area contributed by atoms with Crippen LogP contribution in [-0.2, 0) is 12.7 Å². The first-order valence-electron chi connectivity index (χ1n) is 9.45. The molecule has 0 amide bonds. The second kappa shape index (κ2) is 6.60. The van der Waals surface area contributed by atoms with Crippen LogP contribution in [0.2, 0.25) is 0 Å². The Bertz CT molecular complexity index is 1610. The molecule has 0 bridgehead atoms. The molecule has 6 aromatic heterocycles. The van der Waals surface area contributed by atoms with E-state index in [4.69, 9.17) is 4.42 Å². The fourth-order valence-corrected chi connectivity index (χ4v) is 4.74. The summed E-state index contributed by atoms with van der Waals surface area (Å²) < 4.78 is 49.9. The van der Waals surface area contributed by atoms with Crippen molar-refractivity contribution in [3.8, 4) is 11.3 Å². The van der Waals surface area contributed by atoms with Gasteiger partial charge in [0.05, 0.1) is 11.8 Å². The van der Waals surface area contributed by atoms with E-state index in [1.54, 1.807) is 23.0 Å². The molecular formula is C20H12F3N7OS. The van der Waals surface area contributed by atoms with Crippen LogP contribution >= 0.6 is 11.3 Å². The Labute approximate surface area is 181 Å². The van der Waals surface area contributed by atoms with Crippen molar-refractivity contribution in [2.24, 2.45) is 0 Å². The van der Waals surface area contributed by atoms with Crippen LogP contribution in [0.3, 0.4) is 0 Å². The number of rotatable bonds is 3. The van der Waals surface area contributed by atoms with Crippen LogP contribution < -0.4 is 0 Å². The quantitative estimate of drug-likeness (QED) is 0.384. The minimum atomic E-state index is -4.60. The van der Waals surface area contributed by atoms with Crippen LogP contribution in [0.25, 0.3) is 37.4 Å². The normalized spacial score (nSPS) is 12.5. The number of hydrogen-bond donors (Lipinski definition) is 0. The Morgan fingerprint density at radius 2 is 2.06 bits per heavy atom. The number of halogens is 3. The molecule has 0 fully saturated rings. The highest BCUT2D eigenvalue weighted by Crippen LogP contribution is 2.42. The zero-order valence-electron chi connectivity index (χ0n) is 16.3. The van der Waals surface area contributed by atoms with Crippen LogP contribution in [0.15, 0.2) is 47.5 Å². The second-order valence-electron chi connectivity index (χ2n) is 7.16. The van der Waals surface area contributed by atoms with Gasteiger partial charge in [0.2, 0.25) is 0 Å². The molecule has 160 valence electrons. The largest absolute Gasteiger partial charge is 0.464 e. The van der Waals surface area contributed by atoms with Gasteiger partial charge in [-0.3, -0.25) is 4.68 Å². The zero-order valence-corrected chi connectivity index (χ0v) is 17.1. The first-order chi connectivity index (χ1) is 15.4. The fourth-order valence-electron chi connectivity index (χ4n) is 3.61. The number of nitrogens with zero attached hydrogens (tertiary/aromatic N) is 7. The van der Waals surface area contributed by atoms with Gasteiger partial charge in [-0.15, -0.1) is 16.4 Å². The van der Waals surface area contributed by atoms with Crippen LogP contribution in [0.4, 0.5) is 13.2 Å². The van der Waals surface area contributed by atoms with Crippen LogP contribution in [0.5, 0.6) is 0 Å². The third-order valence-corrected chi connectivity index (χ3v) is 6.18. The first-order valence-corrected chi connectivity index (χ1v) is 10.3. The summed E-state index contributed by atoms with van der Waals surface area (Å²) in [4.78, 5) is 13.2. The summed E-state index contributed by atoms with van der Waals surface area (Å²) in [6, 6.07) is 6.10. The average molecular weight is 455 g/mol. The van der Waals surface area contributed by atoms with E-state index < -0.39 is 11.9 Å². The predicted molar refractivity (Wildman–Crippen MR) is 110 cm³/mol. The third-order valence-electron chi connectivity index (χ3n) is 5.11. The van der Waals surface area contributed by atoms with Gasteiger partial charge in [-0.1, -0.05) is 0 Å². The van der Waals surface area contributed by atoms with Crippen LogP contribution in [-0.4, -0.2) is 34.3 Å². The molecule has 0 atom stereocenters. The molecule has 0 aromatic carbocycles. The van der Waals surface area contributed by atoms with Gasteiger partial charge in [-0.2, -0.15) is 18.3 Å². The monoisotopic (exact) mass is 455 g/mol. The molecule has 0 unspecified atom stereocenters. The van der Waals surface area contributed by atoms with E-state index in [1.807, 2.05) is 13.0 Å². The topological polar surface area (TPSA) is 86.9 Å². The Balaban J connectivity index is 1.61. The molecule has 6 aromatic rings. The standard InChI is InChI=1S/C20H12F3N7OS/c1-10-4-5-25-29(10)8-14-27-18-17-16(24-9-30(18)28-14)15-11(12-3-2-6-31-12)7-13(20(21,22)23)26-19(15)32-17/h2-7,9H,8H2,1H3. The summed E-state index contributed by atoms with van der Waals surface area (Å²) >= 11 is 1.10.